The molecule has 2 aromatic carbocycles. The van der Waals surface area contributed by atoms with Gasteiger partial charge in [0.1, 0.15) is 5.82 Å². The Hall–Kier alpha value is -3.57. The van der Waals surface area contributed by atoms with Gasteiger partial charge in [0, 0.05) is 19.5 Å². The average molecular weight is 446 g/mol. The lowest BCUT2D eigenvalue weighted by atomic mass is 9.98. The van der Waals surface area contributed by atoms with Crippen LogP contribution in [0.5, 0.6) is 0 Å². The number of nitrogen functional groups attached to an aromatic ring is 1. The molecule has 3 N–H and O–H groups in total. The molecule has 0 atom stereocenters. The first-order valence-electron chi connectivity index (χ1n) is 8.43. The smallest absolute Gasteiger partial charge is 0.475 e. The fourth-order valence-corrected chi connectivity index (χ4v) is 2.62. The minimum absolute atomic E-state index is 0.0763. The molecule has 3 aromatic rings. The molecule has 0 amide bonds. The molecule has 6 nitrogen and oxygen atoms in total. The molecule has 0 unspecified atom stereocenters. The third-order valence-corrected chi connectivity index (χ3v) is 3.90. The number of hydrogen-bond acceptors (Lipinski definition) is 5. The van der Waals surface area contributed by atoms with Gasteiger partial charge in [-0.15, -0.1) is 0 Å². The Morgan fingerprint density at radius 1 is 1.00 bits per heavy atom. The summed E-state index contributed by atoms with van der Waals surface area (Å²) in [4.78, 5) is 19.0. The van der Waals surface area contributed by atoms with Gasteiger partial charge >= 0.3 is 18.3 Å². The fourth-order valence-electron chi connectivity index (χ4n) is 2.62. The zero-order chi connectivity index (χ0) is 23.6. The number of rotatable bonds is 2. The number of aliphatic carboxylic acids is 1. The Bertz CT molecular complexity index is 1100. The van der Waals surface area contributed by atoms with Crippen molar-refractivity contribution in [1.29, 1.82) is 0 Å². The minimum Gasteiger partial charge on any atom is -0.475 e. The van der Waals surface area contributed by atoms with Crippen molar-refractivity contribution in [3.8, 4) is 11.1 Å². The van der Waals surface area contributed by atoms with Crippen LogP contribution < -0.4 is 10.6 Å². The van der Waals surface area contributed by atoms with E-state index in [0.29, 0.717) is 16.9 Å². The summed E-state index contributed by atoms with van der Waals surface area (Å²) < 4.78 is 71.4. The van der Waals surface area contributed by atoms with Crippen LogP contribution in [0.25, 0.3) is 22.0 Å². The van der Waals surface area contributed by atoms with Crippen molar-refractivity contribution in [3.63, 3.8) is 0 Å². The van der Waals surface area contributed by atoms with Crippen molar-refractivity contribution in [3.05, 3.63) is 48.0 Å². The first-order valence-corrected chi connectivity index (χ1v) is 8.43. The van der Waals surface area contributed by atoms with E-state index in [0.717, 1.165) is 11.5 Å². The quantitative estimate of drug-likeness (QED) is 0.559. The van der Waals surface area contributed by atoms with Crippen molar-refractivity contribution in [2.24, 2.45) is 0 Å². The normalized spacial score (nSPS) is 11.6. The number of fused-ring (bicyclic) bond motifs is 1. The number of nitrogens with zero attached hydrogens (tertiary/aromatic N) is 3. The summed E-state index contributed by atoms with van der Waals surface area (Å²) in [6.45, 7) is 0. The number of carboxylic acids is 1. The fraction of sp³-hybridized carbons (Fsp3) is 0.211. The van der Waals surface area contributed by atoms with E-state index in [1.54, 1.807) is 29.2 Å². The summed E-state index contributed by atoms with van der Waals surface area (Å²) >= 11 is 0. The van der Waals surface area contributed by atoms with Crippen molar-refractivity contribution in [2.75, 3.05) is 24.7 Å². The standard InChI is InChI=1S/C17H15F3N4.C2HF3O2/c1-24(2)15-12-8-7-10(9-14(12)22-16(21)23-15)11-5-3-4-6-13(11)17(18,19)20;3-2(4,5)1(6)7/h3-9H,1-2H3,(H2,21,22,23);(H,6,7). The average Bonchev–Trinajstić information content (AvgIpc) is 2.65. The van der Waals surface area contributed by atoms with Crippen LogP contribution in [0.2, 0.25) is 0 Å². The predicted octanol–water partition coefficient (Wildman–Crippen LogP) is 4.60. The molecule has 0 spiro atoms. The van der Waals surface area contributed by atoms with Crippen LogP contribution in [0.3, 0.4) is 0 Å². The lowest BCUT2D eigenvalue weighted by Crippen LogP contribution is -2.21. The van der Waals surface area contributed by atoms with E-state index < -0.39 is 23.9 Å². The van der Waals surface area contributed by atoms with Crippen LogP contribution in [-0.4, -0.2) is 41.3 Å². The largest absolute Gasteiger partial charge is 0.490 e. The molecule has 0 aliphatic rings. The highest BCUT2D eigenvalue weighted by Crippen LogP contribution is 2.38. The highest BCUT2D eigenvalue weighted by molar-refractivity contribution is 5.93. The number of hydrogen-bond donors (Lipinski definition) is 2. The highest BCUT2D eigenvalue weighted by Gasteiger charge is 2.38. The molecular weight excluding hydrogens is 430 g/mol. The van der Waals surface area contributed by atoms with Gasteiger partial charge in [0.15, 0.2) is 0 Å². The van der Waals surface area contributed by atoms with Gasteiger partial charge in [0.05, 0.1) is 11.1 Å². The zero-order valence-electron chi connectivity index (χ0n) is 16.1. The second-order valence-corrected chi connectivity index (χ2v) is 6.38. The molecule has 0 radical (unpaired) electrons. The third-order valence-electron chi connectivity index (χ3n) is 3.90. The second-order valence-electron chi connectivity index (χ2n) is 6.38. The highest BCUT2D eigenvalue weighted by atomic mass is 19.4. The molecule has 0 aliphatic heterocycles. The topological polar surface area (TPSA) is 92.3 Å². The summed E-state index contributed by atoms with van der Waals surface area (Å²) in [5, 5.41) is 7.85. The maximum absolute atomic E-state index is 13.2. The molecule has 0 fully saturated rings. The van der Waals surface area contributed by atoms with Crippen molar-refractivity contribution < 1.29 is 36.2 Å². The van der Waals surface area contributed by atoms with Gasteiger partial charge in [0.25, 0.3) is 0 Å². The molecule has 0 bridgehead atoms. The molecule has 0 saturated heterocycles. The zero-order valence-corrected chi connectivity index (χ0v) is 16.1. The van der Waals surface area contributed by atoms with Gasteiger partial charge in [-0.3, -0.25) is 0 Å². The van der Waals surface area contributed by atoms with Gasteiger partial charge < -0.3 is 15.7 Å². The molecule has 1 aromatic heterocycles. The molecule has 12 heteroatoms. The molecule has 0 aliphatic carbocycles. The van der Waals surface area contributed by atoms with Crippen LogP contribution in [0.4, 0.5) is 38.1 Å². The van der Waals surface area contributed by atoms with Crippen molar-refractivity contribution >= 4 is 28.6 Å². The number of halogens is 6. The maximum atomic E-state index is 13.2. The van der Waals surface area contributed by atoms with E-state index in [-0.39, 0.29) is 11.5 Å². The minimum atomic E-state index is -5.08. The van der Waals surface area contributed by atoms with Crippen LogP contribution >= 0.6 is 0 Å². The number of anilines is 2. The first-order chi connectivity index (χ1) is 14.2. The van der Waals surface area contributed by atoms with Gasteiger partial charge in [-0.25, -0.2) is 9.78 Å². The van der Waals surface area contributed by atoms with Crippen LogP contribution in [0.15, 0.2) is 42.5 Å². The number of carboxylic acid groups (broad SMARTS) is 1. The van der Waals surface area contributed by atoms with Gasteiger partial charge in [0.2, 0.25) is 5.95 Å². The summed E-state index contributed by atoms with van der Waals surface area (Å²) in [5.74, 6) is -2.06. The monoisotopic (exact) mass is 446 g/mol. The lowest BCUT2D eigenvalue weighted by Gasteiger charge is -2.16. The summed E-state index contributed by atoms with van der Waals surface area (Å²) in [5.41, 5.74) is 6.08. The number of alkyl halides is 6. The second kappa shape index (κ2) is 8.66. The number of benzene rings is 2. The first kappa shape index (κ1) is 23.7. The van der Waals surface area contributed by atoms with Gasteiger partial charge in [-0.2, -0.15) is 31.3 Å². The molecule has 3 rings (SSSR count). The van der Waals surface area contributed by atoms with Crippen molar-refractivity contribution in [2.45, 2.75) is 12.4 Å². The molecule has 1 heterocycles. The Labute approximate surface area is 171 Å². The van der Waals surface area contributed by atoms with Crippen molar-refractivity contribution in [1.82, 2.24) is 9.97 Å². The third kappa shape index (κ3) is 5.74. The van der Waals surface area contributed by atoms with Crippen LogP contribution in [0, 0.1) is 0 Å². The Kier molecular flexibility index (Phi) is 6.62. The summed E-state index contributed by atoms with van der Waals surface area (Å²) in [6.07, 6.45) is -9.51. The van der Waals surface area contributed by atoms with Crippen LogP contribution in [0.1, 0.15) is 5.56 Å². The van der Waals surface area contributed by atoms with Gasteiger partial charge in [-0.1, -0.05) is 24.3 Å². The SMILES string of the molecule is CN(C)c1nc(N)nc2cc(-c3ccccc3C(F)(F)F)ccc12.O=C(O)C(F)(F)F. The van der Waals surface area contributed by atoms with Crippen LogP contribution in [-0.2, 0) is 11.0 Å². The molecule has 0 saturated carbocycles. The van der Waals surface area contributed by atoms with E-state index in [1.165, 1.54) is 12.1 Å². The molecule has 31 heavy (non-hydrogen) atoms. The number of aromatic nitrogens is 2. The predicted molar refractivity (Wildman–Crippen MR) is 102 cm³/mol. The summed E-state index contributed by atoms with van der Waals surface area (Å²) in [7, 11) is 3.63. The van der Waals surface area contributed by atoms with E-state index in [1.807, 2.05) is 14.1 Å². The molecular formula is C19H16F6N4O2. The Morgan fingerprint density at radius 2 is 1.58 bits per heavy atom. The number of carbonyl (C=O) groups is 1. The Balaban J connectivity index is 0.000000423. The summed E-state index contributed by atoms with van der Waals surface area (Å²) in [6, 6.07) is 10.4. The van der Waals surface area contributed by atoms with E-state index in [4.69, 9.17) is 15.6 Å². The molecule has 166 valence electrons. The van der Waals surface area contributed by atoms with E-state index in [9.17, 15) is 26.3 Å². The maximum Gasteiger partial charge on any atom is 0.490 e. The van der Waals surface area contributed by atoms with Gasteiger partial charge in [-0.05, 0) is 29.3 Å². The number of nitrogens with two attached hydrogens (primary N) is 1. The van der Waals surface area contributed by atoms with E-state index >= 15 is 0 Å². The van der Waals surface area contributed by atoms with E-state index in [2.05, 4.69) is 9.97 Å². The lowest BCUT2D eigenvalue weighted by molar-refractivity contribution is -0.192. The Morgan fingerprint density at radius 3 is 2.10 bits per heavy atom.